The molecule has 0 unspecified atom stereocenters. The smallest absolute Gasteiger partial charge is 0.256 e. The maximum absolute atomic E-state index is 14.5. The molecule has 144 valence electrons. The number of halogens is 2. The molecular formula is C21H19ClFN3O2. The molecule has 0 bridgehead atoms. The number of hydrogen-bond acceptors (Lipinski definition) is 3. The van der Waals surface area contributed by atoms with Crippen molar-refractivity contribution >= 4 is 41.4 Å². The maximum Gasteiger partial charge on any atom is 0.256 e. The van der Waals surface area contributed by atoms with Gasteiger partial charge >= 0.3 is 0 Å². The monoisotopic (exact) mass is 399 g/mol. The third-order valence-electron chi connectivity index (χ3n) is 4.76. The lowest BCUT2D eigenvalue weighted by Gasteiger charge is -2.05. The molecule has 1 fully saturated rings. The molecule has 2 aliphatic heterocycles. The van der Waals surface area contributed by atoms with Crippen LogP contribution in [-0.4, -0.2) is 29.3 Å². The van der Waals surface area contributed by atoms with Gasteiger partial charge < -0.3 is 15.6 Å². The number of ketones is 1. The second-order valence-corrected chi connectivity index (χ2v) is 6.68. The van der Waals surface area contributed by atoms with E-state index >= 15 is 0 Å². The minimum absolute atomic E-state index is 0. The van der Waals surface area contributed by atoms with Crippen LogP contribution in [0.4, 0.5) is 10.1 Å². The van der Waals surface area contributed by atoms with E-state index in [-0.39, 0.29) is 35.7 Å². The first-order valence-electron chi connectivity index (χ1n) is 8.83. The standard InChI is InChI=1S/C21H18FN3O2.ClH/c1-12(26)13-9-15(24-11-13)10-17-20-16(5-4-14-3-2-8-23-14)18(22)6-7-19(20)25-21(17)27;/h6-7,9-11,14,23-24H,2-3,8H2,1H3,(H,25,27);1H/t14-;/m0./s1. The predicted molar refractivity (Wildman–Crippen MR) is 109 cm³/mol. The number of carbonyl (C=O) groups is 2. The molecule has 4 rings (SSSR count). The zero-order chi connectivity index (χ0) is 19.0. The number of Topliss-reactive ketones (excluding diaryl/α,β-unsaturated/α-hetero) is 1. The van der Waals surface area contributed by atoms with Crippen molar-refractivity contribution in [1.82, 2.24) is 10.3 Å². The van der Waals surface area contributed by atoms with Gasteiger partial charge in [0.15, 0.2) is 5.78 Å². The van der Waals surface area contributed by atoms with Crippen LogP contribution in [0.2, 0.25) is 0 Å². The van der Waals surface area contributed by atoms with Crippen molar-refractivity contribution < 1.29 is 14.0 Å². The van der Waals surface area contributed by atoms with Gasteiger partial charge in [-0.05, 0) is 50.6 Å². The molecule has 1 aromatic carbocycles. The Morgan fingerprint density at radius 3 is 2.86 bits per heavy atom. The van der Waals surface area contributed by atoms with Crippen LogP contribution in [0.25, 0.3) is 11.6 Å². The van der Waals surface area contributed by atoms with Crippen LogP contribution in [0, 0.1) is 17.7 Å². The molecule has 28 heavy (non-hydrogen) atoms. The minimum Gasteiger partial charge on any atom is -0.361 e. The second-order valence-electron chi connectivity index (χ2n) is 6.68. The first-order chi connectivity index (χ1) is 13.0. The first kappa shape index (κ1) is 19.9. The van der Waals surface area contributed by atoms with Gasteiger partial charge in [0.1, 0.15) is 5.82 Å². The van der Waals surface area contributed by atoms with Crippen molar-refractivity contribution in [3.8, 4) is 11.8 Å². The van der Waals surface area contributed by atoms with Gasteiger partial charge in [-0.2, -0.15) is 0 Å². The number of aromatic nitrogens is 1. The Morgan fingerprint density at radius 1 is 1.36 bits per heavy atom. The van der Waals surface area contributed by atoms with E-state index in [9.17, 15) is 14.0 Å². The average Bonchev–Trinajstić information content (AvgIpc) is 3.36. The highest BCUT2D eigenvalue weighted by Gasteiger charge is 2.28. The topological polar surface area (TPSA) is 74.0 Å². The molecule has 3 N–H and O–H groups in total. The molecule has 3 heterocycles. The number of anilines is 1. The van der Waals surface area contributed by atoms with Gasteiger partial charge in [-0.3, -0.25) is 9.59 Å². The van der Waals surface area contributed by atoms with E-state index in [2.05, 4.69) is 27.5 Å². The molecule has 0 spiro atoms. The van der Waals surface area contributed by atoms with E-state index in [0.29, 0.717) is 28.1 Å². The quantitative estimate of drug-likeness (QED) is 0.412. The number of rotatable bonds is 2. The van der Waals surface area contributed by atoms with Crippen LogP contribution in [0.3, 0.4) is 0 Å². The number of aromatic amines is 1. The number of benzene rings is 1. The summed E-state index contributed by atoms with van der Waals surface area (Å²) in [6.07, 6.45) is 5.18. The Labute approximate surface area is 168 Å². The predicted octanol–water partition coefficient (Wildman–Crippen LogP) is 3.37. The third kappa shape index (κ3) is 3.72. The van der Waals surface area contributed by atoms with Gasteiger partial charge in [0, 0.05) is 23.0 Å². The molecular weight excluding hydrogens is 381 g/mol. The third-order valence-corrected chi connectivity index (χ3v) is 4.76. The van der Waals surface area contributed by atoms with E-state index in [4.69, 9.17) is 0 Å². The molecule has 5 nitrogen and oxygen atoms in total. The number of nitrogens with one attached hydrogen (secondary N) is 3. The van der Waals surface area contributed by atoms with Crippen molar-refractivity contribution in [2.24, 2.45) is 0 Å². The average molecular weight is 400 g/mol. The summed E-state index contributed by atoms with van der Waals surface area (Å²) in [6, 6.07) is 4.56. The molecule has 1 atom stereocenters. The zero-order valence-electron chi connectivity index (χ0n) is 15.2. The Balaban J connectivity index is 0.00000225. The summed E-state index contributed by atoms with van der Waals surface area (Å²) < 4.78 is 14.5. The molecule has 2 aliphatic rings. The highest BCUT2D eigenvalue weighted by molar-refractivity contribution is 6.35. The Morgan fingerprint density at radius 2 is 2.18 bits per heavy atom. The number of amides is 1. The van der Waals surface area contributed by atoms with Crippen molar-refractivity contribution in [3.63, 3.8) is 0 Å². The maximum atomic E-state index is 14.5. The van der Waals surface area contributed by atoms with Crippen LogP contribution in [0.15, 0.2) is 24.4 Å². The fourth-order valence-corrected chi connectivity index (χ4v) is 3.35. The number of carbonyl (C=O) groups excluding carboxylic acids is 2. The van der Waals surface area contributed by atoms with Crippen molar-refractivity contribution in [2.75, 3.05) is 11.9 Å². The van der Waals surface area contributed by atoms with Gasteiger partial charge in [-0.1, -0.05) is 11.8 Å². The van der Waals surface area contributed by atoms with Crippen LogP contribution in [0.1, 0.15) is 46.9 Å². The van der Waals surface area contributed by atoms with E-state index in [1.807, 2.05) is 0 Å². The number of fused-ring (bicyclic) bond motifs is 1. The summed E-state index contributed by atoms with van der Waals surface area (Å²) in [4.78, 5) is 26.9. The zero-order valence-corrected chi connectivity index (χ0v) is 16.0. The van der Waals surface area contributed by atoms with Gasteiger partial charge in [0.05, 0.1) is 22.9 Å². The fourth-order valence-electron chi connectivity index (χ4n) is 3.35. The normalized spacial score (nSPS) is 18.9. The van der Waals surface area contributed by atoms with Crippen LogP contribution >= 0.6 is 12.4 Å². The molecule has 0 aliphatic carbocycles. The SMILES string of the molecule is CC(=O)c1c[nH]c(C=C2C(=O)Nc3ccc(F)c(C#C[C@@H]4CCCN4)c32)c1.Cl. The van der Waals surface area contributed by atoms with Crippen molar-refractivity contribution in [1.29, 1.82) is 0 Å². The highest BCUT2D eigenvalue weighted by Crippen LogP contribution is 2.36. The van der Waals surface area contributed by atoms with Crippen LogP contribution < -0.4 is 10.6 Å². The first-order valence-corrected chi connectivity index (χ1v) is 8.83. The summed E-state index contributed by atoms with van der Waals surface area (Å²) in [5.74, 6) is 5.14. The van der Waals surface area contributed by atoms with Gasteiger partial charge in [0.25, 0.3) is 5.91 Å². The van der Waals surface area contributed by atoms with Crippen LogP contribution in [-0.2, 0) is 4.79 Å². The van der Waals surface area contributed by atoms with E-state index in [1.54, 1.807) is 18.3 Å². The number of hydrogen-bond donors (Lipinski definition) is 3. The van der Waals surface area contributed by atoms with Gasteiger partial charge in [-0.15, -0.1) is 12.4 Å². The van der Waals surface area contributed by atoms with Gasteiger partial charge in [-0.25, -0.2) is 4.39 Å². The lowest BCUT2D eigenvalue weighted by atomic mass is 9.98. The van der Waals surface area contributed by atoms with Gasteiger partial charge in [0.2, 0.25) is 0 Å². The minimum atomic E-state index is -0.461. The van der Waals surface area contributed by atoms with Crippen molar-refractivity contribution in [3.05, 3.63) is 52.6 Å². The van der Waals surface area contributed by atoms with E-state index in [1.165, 1.54) is 19.1 Å². The Bertz CT molecular complexity index is 1040. The summed E-state index contributed by atoms with van der Waals surface area (Å²) >= 11 is 0. The Kier molecular flexibility index (Phi) is 5.68. The van der Waals surface area contributed by atoms with Crippen molar-refractivity contribution in [2.45, 2.75) is 25.8 Å². The lowest BCUT2D eigenvalue weighted by Crippen LogP contribution is -2.18. The largest absolute Gasteiger partial charge is 0.361 e. The molecule has 2 aromatic rings. The van der Waals surface area contributed by atoms with E-state index in [0.717, 1.165) is 19.4 Å². The summed E-state index contributed by atoms with van der Waals surface area (Å²) in [7, 11) is 0. The van der Waals surface area contributed by atoms with E-state index < -0.39 is 5.82 Å². The molecule has 1 saturated heterocycles. The molecule has 7 heteroatoms. The summed E-state index contributed by atoms with van der Waals surface area (Å²) in [6.45, 7) is 2.38. The molecule has 1 amide bonds. The second kappa shape index (κ2) is 8.01. The lowest BCUT2D eigenvalue weighted by molar-refractivity contribution is -0.110. The fraction of sp³-hybridized carbons (Fsp3) is 0.238. The molecule has 1 aromatic heterocycles. The van der Waals surface area contributed by atoms with Crippen LogP contribution in [0.5, 0.6) is 0 Å². The highest BCUT2D eigenvalue weighted by atomic mass is 35.5. The summed E-state index contributed by atoms with van der Waals surface area (Å²) in [5.41, 5.74) is 2.65. The summed E-state index contributed by atoms with van der Waals surface area (Å²) in [5, 5.41) is 6.01. The molecule has 0 radical (unpaired) electrons. The Hall–Kier alpha value is -2.88. The molecule has 0 saturated carbocycles. The number of H-pyrrole nitrogens is 1.